The largest absolute Gasteiger partial charge is 0.197 e. The maximum absolute atomic E-state index is 2.78. The summed E-state index contributed by atoms with van der Waals surface area (Å²) in [6, 6.07) is 18.3. The van der Waals surface area contributed by atoms with Gasteiger partial charge in [0.15, 0.2) is 0 Å². The van der Waals surface area contributed by atoms with Gasteiger partial charge in [0.1, 0.15) is 6.15 Å². The minimum absolute atomic E-state index is 0. The summed E-state index contributed by atoms with van der Waals surface area (Å²) in [5.41, 5.74) is 1.95. The van der Waals surface area contributed by atoms with Crippen molar-refractivity contribution in [1.82, 2.24) is 0 Å². The molecule has 6 fully saturated rings. The summed E-state index contributed by atoms with van der Waals surface area (Å²) in [5.74, 6) is 6.49. The Bertz CT molecular complexity index is 1020. The van der Waals surface area contributed by atoms with E-state index < -0.39 is 29.9 Å². The van der Waals surface area contributed by atoms with Gasteiger partial charge in [-0.05, 0) is 144 Å². The molecule has 0 spiro atoms. The molecule has 6 heteroatoms. The van der Waals surface area contributed by atoms with Crippen LogP contribution in [0.3, 0.4) is 0 Å². The van der Waals surface area contributed by atoms with E-state index in [2.05, 4.69) is 50.3 Å². The second-order valence-electron chi connectivity index (χ2n) is 23.5. The van der Waals surface area contributed by atoms with Crippen LogP contribution in [-0.2, 0) is 17.1 Å². The second kappa shape index (κ2) is 30.0. The van der Waals surface area contributed by atoms with Gasteiger partial charge in [-0.15, -0.1) is 0 Å². The van der Waals surface area contributed by atoms with Gasteiger partial charge in [0.05, 0.1) is 37.0 Å². The molecular weight excluding hydrogens is 839 g/mol. The van der Waals surface area contributed by atoms with Crippen molar-refractivity contribution < 1.29 is 17.1 Å². The van der Waals surface area contributed by atoms with Gasteiger partial charge >= 0.3 is 0 Å². The Kier molecular flexibility index (Phi) is 26.3. The van der Waals surface area contributed by atoms with Crippen molar-refractivity contribution in [3.63, 3.8) is 0 Å². The molecule has 346 valence electrons. The van der Waals surface area contributed by atoms with Crippen molar-refractivity contribution in [3.8, 4) is 0 Å². The maximum atomic E-state index is 2.78. The number of benzene rings is 1. The van der Waals surface area contributed by atoms with Crippen molar-refractivity contribution in [2.75, 3.05) is 75.1 Å². The van der Waals surface area contributed by atoms with E-state index in [4.69, 9.17) is 0 Å². The molecule has 0 N–H and O–H groups in total. The molecule has 60 heavy (non-hydrogen) atoms. The minimum atomic E-state index is -0.508. The Morgan fingerprint density at radius 2 is 0.550 bits per heavy atom. The van der Waals surface area contributed by atoms with Crippen LogP contribution < -0.4 is 5.46 Å². The molecule has 6 saturated carbocycles. The van der Waals surface area contributed by atoms with Crippen LogP contribution in [0.4, 0.5) is 0 Å². The van der Waals surface area contributed by atoms with Gasteiger partial charge in [0.25, 0.3) is 0 Å². The van der Waals surface area contributed by atoms with Crippen LogP contribution in [-0.4, -0.2) is 81.3 Å². The van der Waals surface area contributed by atoms with E-state index in [-0.39, 0.29) is 25.0 Å². The molecule has 0 unspecified atom stereocenters. The van der Waals surface area contributed by atoms with E-state index in [1.54, 1.807) is 209 Å². The van der Waals surface area contributed by atoms with Crippen LogP contribution in [0, 0.1) is 35.5 Å². The third-order valence-corrected chi connectivity index (χ3v) is 28.4. The van der Waals surface area contributed by atoms with E-state index in [9.17, 15) is 0 Å². The van der Waals surface area contributed by atoms with Crippen molar-refractivity contribution in [1.29, 1.82) is 0 Å². The third kappa shape index (κ3) is 19.4. The van der Waals surface area contributed by atoms with Gasteiger partial charge in [-0.25, -0.2) is 0 Å². The third-order valence-electron chi connectivity index (χ3n) is 17.4. The van der Waals surface area contributed by atoms with Gasteiger partial charge in [0, 0.05) is 37.1 Å². The monoisotopic (exact) mass is 942 g/mol. The van der Waals surface area contributed by atoms with E-state index in [0.29, 0.717) is 0 Å². The fraction of sp³-hybridized carbons (Fsp3) is 0.889. The fourth-order valence-corrected chi connectivity index (χ4v) is 29.2. The molecule has 0 radical (unpaired) electrons. The predicted molar refractivity (Wildman–Crippen MR) is 286 cm³/mol. The average molecular weight is 942 g/mol. The van der Waals surface area contributed by atoms with Gasteiger partial charge in [-0.3, -0.25) is 0 Å². The molecule has 0 saturated heterocycles. The van der Waals surface area contributed by atoms with E-state index in [1.807, 2.05) is 5.46 Å². The zero-order valence-electron chi connectivity index (χ0n) is 40.4. The van der Waals surface area contributed by atoms with Crippen LogP contribution in [0.25, 0.3) is 0 Å². The zero-order chi connectivity index (χ0) is 41.0. The van der Waals surface area contributed by atoms with Crippen LogP contribution in [0.1, 0.15) is 193 Å². The quantitative estimate of drug-likeness (QED) is 0.0958. The normalized spacial score (nSPS) is 22.9. The molecule has 0 bridgehead atoms. The van der Waals surface area contributed by atoms with Crippen LogP contribution >= 0.6 is 31.7 Å². The van der Waals surface area contributed by atoms with Crippen LogP contribution in [0.2, 0.25) is 0 Å². The first-order valence-electron chi connectivity index (χ1n) is 27.5. The summed E-state index contributed by atoms with van der Waals surface area (Å²) < 4.78 is 0. The number of hydrogen-bond acceptors (Lipinski definition) is 0. The Balaban J connectivity index is 0.00000131. The number of rotatable bonds is 19. The fourth-order valence-electron chi connectivity index (χ4n) is 14.6. The van der Waals surface area contributed by atoms with Crippen molar-refractivity contribution in [3.05, 3.63) is 30.3 Å². The van der Waals surface area contributed by atoms with Crippen molar-refractivity contribution in [2.24, 2.45) is 35.5 Å². The molecule has 0 aliphatic heterocycles. The topological polar surface area (TPSA) is 0 Å². The molecule has 6 aliphatic rings. The average Bonchev–Trinajstić information content (AvgIpc) is 3.26. The van der Waals surface area contributed by atoms with Gasteiger partial charge in [-0.1, -0.05) is 164 Å². The summed E-state index contributed by atoms with van der Waals surface area (Å²) in [6.07, 6.45) is 56.5. The van der Waals surface area contributed by atoms with Gasteiger partial charge in [-0.2, -0.15) is 5.46 Å². The first-order chi connectivity index (χ1) is 28.9. The molecule has 6 aliphatic carbocycles. The van der Waals surface area contributed by atoms with Crippen molar-refractivity contribution >= 4 is 43.3 Å². The Morgan fingerprint density at radius 1 is 0.350 bits per heavy atom. The second-order valence-corrected chi connectivity index (χ2v) is 34.7. The van der Waals surface area contributed by atoms with Crippen LogP contribution in [0.15, 0.2) is 30.3 Å². The SMILES string of the molecule is C[PH+](C)C.[Fe].c1ccc([B-](C[PH+](CC2CCCCC2)CC2CCCCC2)(C[PH+](CC2CCCCC2)CC2CCCCC2)C[PH+](CC2CCCCC2)CC2CCCCC2)cc1. The molecule has 0 nitrogen and oxygen atoms in total. The van der Waals surface area contributed by atoms with E-state index in [1.165, 1.54) is 38.5 Å². The summed E-state index contributed by atoms with van der Waals surface area (Å²) in [4.78, 5) is 0. The van der Waals surface area contributed by atoms with Gasteiger partial charge in [0.2, 0.25) is 0 Å². The molecular formula is C54H102BFeP4+3. The predicted octanol–water partition coefficient (Wildman–Crippen LogP) is 16.2. The molecule has 1 aromatic rings. The molecule has 0 heterocycles. The molecule has 1 aromatic carbocycles. The zero-order valence-corrected chi connectivity index (χ0v) is 45.5. The summed E-state index contributed by atoms with van der Waals surface area (Å²) >= 11 is 0. The van der Waals surface area contributed by atoms with Gasteiger partial charge < -0.3 is 0 Å². The first kappa shape index (κ1) is 52.5. The standard InChI is InChI=1S/C51H89BP3.C3H9P.Fe/c1-8-22-45(23-9-1)36-53(37-46-24-10-2-11-25-46)42-52(51-34-20-7-21-35-51,43-54(38-47-26-12-3-13-27-47)39-48-28-14-4-15-29-48)44-55(40-49-30-16-5-17-31-49)41-50-32-18-6-19-33-50;1-4(2)3;/h7,20-21,34-35,45-50H,1-6,8-19,22-33,36-44H2;1-3H3;/q-1;;/p+4. The first-order valence-corrected chi connectivity index (χ1v) is 36.8. The Hall–Kier alpha value is 1.52. The summed E-state index contributed by atoms with van der Waals surface area (Å²) in [7, 11) is -1.09. The molecule has 0 atom stereocenters. The number of hydrogen-bond donors (Lipinski definition) is 0. The van der Waals surface area contributed by atoms with E-state index >= 15 is 0 Å². The van der Waals surface area contributed by atoms with E-state index in [0.717, 1.165) is 35.5 Å². The molecule has 0 aromatic heterocycles. The Morgan fingerprint density at radius 3 is 0.750 bits per heavy atom. The van der Waals surface area contributed by atoms with Crippen LogP contribution in [0.5, 0.6) is 0 Å². The molecule has 7 rings (SSSR count). The van der Waals surface area contributed by atoms with Crippen molar-refractivity contribution in [2.45, 2.75) is 193 Å². The maximum Gasteiger partial charge on any atom is 0.146 e. The summed E-state index contributed by atoms with van der Waals surface area (Å²) in [6.45, 7) is 6.81. The molecule has 0 amide bonds. The Labute approximate surface area is 391 Å². The summed E-state index contributed by atoms with van der Waals surface area (Å²) in [5, 5.41) is 0. The smallest absolute Gasteiger partial charge is 0.146 e. The minimum Gasteiger partial charge on any atom is -0.197 e.